The molecule has 1 aromatic heterocycles. The van der Waals surface area contributed by atoms with E-state index in [2.05, 4.69) is 47.3 Å². The number of hydrogen-bond acceptors (Lipinski definition) is 3. The third kappa shape index (κ3) is 2.88. The maximum Gasteiger partial charge on any atom is 0.121 e. The lowest BCUT2D eigenvalue weighted by atomic mass is 9.92. The van der Waals surface area contributed by atoms with Gasteiger partial charge in [0, 0.05) is 30.4 Å². The minimum Gasteiger partial charge on any atom is -0.496 e. The number of fused-ring (bicyclic) bond motifs is 1. The molecule has 1 aliphatic rings. The van der Waals surface area contributed by atoms with Crippen molar-refractivity contribution >= 4 is 0 Å². The molecule has 0 radical (unpaired) electrons. The largest absolute Gasteiger partial charge is 0.496 e. The zero-order valence-corrected chi connectivity index (χ0v) is 13.7. The third-order valence-corrected chi connectivity index (χ3v) is 4.57. The molecule has 1 atom stereocenters. The molecule has 0 saturated heterocycles. The van der Waals surface area contributed by atoms with E-state index in [-0.39, 0.29) is 0 Å². The maximum atomic E-state index is 5.32. The Labute approximate surface area is 132 Å². The first-order chi connectivity index (χ1) is 10.7. The molecule has 4 nitrogen and oxygen atoms in total. The number of benzene rings is 1. The van der Waals surface area contributed by atoms with Crippen LogP contribution in [0.5, 0.6) is 5.75 Å². The number of methoxy groups -OCH3 is 1. The van der Waals surface area contributed by atoms with Crippen LogP contribution in [-0.2, 0) is 19.5 Å². The molecule has 0 amide bonds. The number of hydrogen-bond donors (Lipinski definition) is 1. The smallest absolute Gasteiger partial charge is 0.121 e. The van der Waals surface area contributed by atoms with Crippen molar-refractivity contribution in [1.82, 2.24) is 15.1 Å². The molecule has 1 heterocycles. The molecule has 3 rings (SSSR count). The second-order valence-corrected chi connectivity index (χ2v) is 5.99. The van der Waals surface area contributed by atoms with Crippen molar-refractivity contribution in [3.05, 3.63) is 46.8 Å². The predicted molar refractivity (Wildman–Crippen MR) is 88.2 cm³/mol. The van der Waals surface area contributed by atoms with Gasteiger partial charge >= 0.3 is 0 Å². The van der Waals surface area contributed by atoms with Crippen LogP contribution in [0.1, 0.15) is 48.2 Å². The maximum absolute atomic E-state index is 5.32. The summed E-state index contributed by atoms with van der Waals surface area (Å²) in [5.74, 6) is 0.952. The molecule has 0 fully saturated rings. The first kappa shape index (κ1) is 15.1. The lowest BCUT2D eigenvalue weighted by molar-refractivity contribution is 0.411. The molecule has 1 N–H and O–H groups in total. The van der Waals surface area contributed by atoms with Gasteiger partial charge in [-0.2, -0.15) is 5.10 Å². The van der Waals surface area contributed by atoms with Crippen molar-refractivity contribution in [3.8, 4) is 5.75 Å². The van der Waals surface area contributed by atoms with Gasteiger partial charge < -0.3 is 10.1 Å². The van der Waals surface area contributed by atoms with Crippen molar-refractivity contribution in [2.45, 2.75) is 52.2 Å². The molecule has 0 bridgehead atoms. The summed E-state index contributed by atoms with van der Waals surface area (Å²) >= 11 is 0. The van der Waals surface area contributed by atoms with Gasteiger partial charge in [0.1, 0.15) is 5.75 Å². The molecule has 1 aromatic carbocycles. The van der Waals surface area contributed by atoms with Gasteiger partial charge in [-0.25, -0.2) is 0 Å². The van der Waals surface area contributed by atoms with E-state index in [0.29, 0.717) is 6.04 Å². The molecule has 0 saturated carbocycles. The normalized spacial score (nSPS) is 17.3. The van der Waals surface area contributed by atoms with Gasteiger partial charge in [0.2, 0.25) is 0 Å². The van der Waals surface area contributed by atoms with E-state index >= 15 is 0 Å². The number of nitrogens with one attached hydrogen (secondary N) is 1. The lowest BCUT2D eigenvalue weighted by Gasteiger charge is -2.24. The highest BCUT2D eigenvalue weighted by molar-refractivity contribution is 5.36. The van der Waals surface area contributed by atoms with Crippen LogP contribution in [0.15, 0.2) is 24.4 Å². The zero-order chi connectivity index (χ0) is 15.5. The first-order valence-electron chi connectivity index (χ1n) is 8.14. The topological polar surface area (TPSA) is 39.1 Å². The average molecular weight is 299 g/mol. The Morgan fingerprint density at radius 2 is 2.27 bits per heavy atom. The van der Waals surface area contributed by atoms with Crippen LogP contribution in [0.3, 0.4) is 0 Å². The van der Waals surface area contributed by atoms with Gasteiger partial charge in [-0.3, -0.25) is 4.68 Å². The summed E-state index contributed by atoms with van der Waals surface area (Å²) in [5, 5.41) is 8.22. The van der Waals surface area contributed by atoms with E-state index in [9.17, 15) is 0 Å². The Morgan fingerprint density at radius 3 is 3.00 bits per heavy atom. The summed E-state index contributed by atoms with van der Waals surface area (Å²) in [4.78, 5) is 0. The van der Waals surface area contributed by atoms with Gasteiger partial charge in [-0.1, -0.05) is 12.1 Å². The Kier molecular flexibility index (Phi) is 4.48. The van der Waals surface area contributed by atoms with Gasteiger partial charge in [-0.05, 0) is 50.3 Å². The predicted octanol–water partition coefficient (Wildman–Crippen LogP) is 3.39. The van der Waals surface area contributed by atoms with Gasteiger partial charge in [0.05, 0.1) is 13.3 Å². The van der Waals surface area contributed by atoms with Crippen molar-refractivity contribution in [3.63, 3.8) is 0 Å². The van der Waals surface area contributed by atoms with Crippen molar-refractivity contribution in [2.24, 2.45) is 0 Å². The molecule has 0 aliphatic heterocycles. The fraction of sp³-hybridized carbons (Fsp3) is 0.500. The van der Waals surface area contributed by atoms with E-state index in [1.165, 1.54) is 35.2 Å². The van der Waals surface area contributed by atoms with Crippen LogP contribution in [0.2, 0.25) is 0 Å². The SMILES string of the molecule is CCn1ncc2c1CCC[C@H]2NCc1ccc(OC)c(C)c1. The molecule has 0 spiro atoms. The van der Waals surface area contributed by atoms with Crippen LogP contribution in [0.4, 0.5) is 0 Å². The molecule has 22 heavy (non-hydrogen) atoms. The minimum atomic E-state index is 0.423. The van der Waals surface area contributed by atoms with Crippen molar-refractivity contribution < 1.29 is 4.74 Å². The summed E-state index contributed by atoms with van der Waals surface area (Å²) in [6.45, 7) is 6.09. The lowest BCUT2D eigenvalue weighted by Crippen LogP contribution is -2.25. The summed E-state index contributed by atoms with van der Waals surface area (Å²) < 4.78 is 7.46. The van der Waals surface area contributed by atoms with Crippen LogP contribution in [-0.4, -0.2) is 16.9 Å². The molecule has 4 heteroatoms. The molecular formula is C18H25N3O. The Balaban J connectivity index is 1.70. The van der Waals surface area contributed by atoms with Crippen LogP contribution < -0.4 is 10.1 Å². The summed E-state index contributed by atoms with van der Waals surface area (Å²) in [6, 6.07) is 6.81. The van der Waals surface area contributed by atoms with Crippen LogP contribution in [0, 0.1) is 6.92 Å². The molecule has 2 aromatic rings. The number of aryl methyl sites for hydroxylation is 2. The number of nitrogens with zero attached hydrogens (tertiary/aromatic N) is 2. The standard InChI is InChI=1S/C18H25N3O/c1-4-21-17-7-5-6-16(15(17)12-20-21)19-11-14-8-9-18(22-3)13(2)10-14/h8-10,12,16,19H,4-7,11H2,1-3H3/t16-/m1/s1. The summed E-state index contributed by atoms with van der Waals surface area (Å²) in [7, 11) is 1.72. The van der Waals surface area contributed by atoms with E-state index in [0.717, 1.165) is 25.3 Å². The van der Waals surface area contributed by atoms with E-state index < -0.39 is 0 Å². The van der Waals surface area contributed by atoms with Gasteiger partial charge in [0.25, 0.3) is 0 Å². The van der Waals surface area contributed by atoms with Gasteiger partial charge in [-0.15, -0.1) is 0 Å². The van der Waals surface area contributed by atoms with Gasteiger partial charge in [0.15, 0.2) is 0 Å². The Hall–Kier alpha value is -1.81. The summed E-state index contributed by atoms with van der Waals surface area (Å²) in [6.07, 6.45) is 5.63. The highest BCUT2D eigenvalue weighted by Crippen LogP contribution is 2.30. The number of ether oxygens (including phenoxy) is 1. The quantitative estimate of drug-likeness (QED) is 0.920. The number of aromatic nitrogens is 2. The molecule has 118 valence electrons. The van der Waals surface area contributed by atoms with E-state index in [1.54, 1.807) is 7.11 Å². The van der Waals surface area contributed by atoms with E-state index in [4.69, 9.17) is 4.74 Å². The van der Waals surface area contributed by atoms with Crippen molar-refractivity contribution in [1.29, 1.82) is 0 Å². The fourth-order valence-corrected chi connectivity index (χ4v) is 3.39. The minimum absolute atomic E-state index is 0.423. The second-order valence-electron chi connectivity index (χ2n) is 5.99. The molecular weight excluding hydrogens is 274 g/mol. The third-order valence-electron chi connectivity index (χ3n) is 4.57. The second kappa shape index (κ2) is 6.53. The van der Waals surface area contributed by atoms with Crippen molar-refractivity contribution in [2.75, 3.05) is 7.11 Å². The Bertz CT molecular complexity index is 648. The number of rotatable bonds is 5. The average Bonchev–Trinajstić information content (AvgIpc) is 2.96. The Morgan fingerprint density at radius 1 is 1.41 bits per heavy atom. The van der Waals surface area contributed by atoms with Crippen LogP contribution >= 0.6 is 0 Å². The van der Waals surface area contributed by atoms with E-state index in [1.807, 2.05) is 6.07 Å². The monoisotopic (exact) mass is 299 g/mol. The summed E-state index contributed by atoms with van der Waals surface area (Å²) in [5.41, 5.74) is 5.29. The molecule has 0 unspecified atom stereocenters. The zero-order valence-electron chi connectivity index (χ0n) is 13.7. The molecule has 1 aliphatic carbocycles. The fourth-order valence-electron chi connectivity index (χ4n) is 3.39. The highest BCUT2D eigenvalue weighted by Gasteiger charge is 2.23. The highest BCUT2D eigenvalue weighted by atomic mass is 16.5. The first-order valence-corrected chi connectivity index (χ1v) is 8.14. The van der Waals surface area contributed by atoms with Crippen LogP contribution in [0.25, 0.3) is 0 Å².